The Morgan fingerprint density at radius 1 is 1.33 bits per heavy atom. The third kappa shape index (κ3) is 1.12. The lowest BCUT2D eigenvalue weighted by Crippen LogP contribution is -2.21. The first kappa shape index (κ1) is 7.74. The Labute approximate surface area is 70.8 Å². The molecule has 1 aromatic rings. The molecule has 12 heavy (non-hydrogen) atoms. The van der Waals surface area contributed by atoms with Gasteiger partial charge >= 0.3 is 0 Å². The Bertz CT molecular complexity index is 285. The molecule has 0 bridgehead atoms. The molecular formula is C10H11FO. The minimum Gasteiger partial charge on any atom is -0.385 e. The van der Waals surface area contributed by atoms with E-state index in [0.29, 0.717) is 6.42 Å². The summed E-state index contributed by atoms with van der Waals surface area (Å²) in [4.78, 5) is 0. The molecule has 0 aromatic heterocycles. The Morgan fingerprint density at radius 3 is 2.92 bits per heavy atom. The summed E-state index contributed by atoms with van der Waals surface area (Å²) in [5, 5.41) is 9.45. The van der Waals surface area contributed by atoms with Gasteiger partial charge in [0.1, 0.15) is 12.3 Å². The number of benzene rings is 1. The van der Waals surface area contributed by atoms with E-state index < -0.39 is 12.3 Å². The summed E-state index contributed by atoms with van der Waals surface area (Å²) in [6, 6.07) is 7.50. The molecule has 0 saturated heterocycles. The van der Waals surface area contributed by atoms with Gasteiger partial charge in [-0.1, -0.05) is 24.3 Å². The van der Waals surface area contributed by atoms with E-state index in [1.165, 1.54) is 0 Å². The van der Waals surface area contributed by atoms with Gasteiger partial charge in [-0.25, -0.2) is 4.39 Å². The van der Waals surface area contributed by atoms with Gasteiger partial charge in [0.15, 0.2) is 0 Å². The SMILES string of the molecule is O[C@@H]1c2ccccc2CC[C@@H]1F. The van der Waals surface area contributed by atoms with E-state index in [4.69, 9.17) is 0 Å². The number of aliphatic hydroxyl groups is 1. The summed E-state index contributed by atoms with van der Waals surface area (Å²) in [7, 11) is 0. The van der Waals surface area contributed by atoms with E-state index in [1.54, 1.807) is 6.07 Å². The van der Waals surface area contributed by atoms with Crippen molar-refractivity contribution >= 4 is 0 Å². The Hall–Kier alpha value is -0.890. The summed E-state index contributed by atoms with van der Waals surface area (Å²) in [6.07, 6.45) is -0.804. The number of alkyl halides is 1. The Morgan fingerprint density at radius 2 is 2.08 bits per heavy atom. The molecule has 1 aliphatic carbocycles. The first-order valence-corrected chi connectivity index (χ1v) is 4.19. The van der Waals surface area contributed by atoms with Crippen LogP contribution < -0.4 is 0 Å². The highest BCUT2D eigenvalue weighted by molar-refractivity contribution is 5.32. The summed E-state index contributed by atoms with van der Waals surface area (Å²) in [5.74, 6) is 0. The van der Waals surface area contributed by atoms with Gasteiger partial charge in [0.2, 0.25) is 0 Å². The summed E-state index contributed by atoms with van der Waals surface area (Å²) in [5.41, 5.74) is 1.84. The van der Waals surface area contributed by atoms with Crippen LogP contribution in [0, 0.1) is 0 Å². The van der Waals surface area contributed by atoms with Gasteiger partial charge in [0.25, 0.3) is 0 Å². The van der Waals surface area contributed by atoms with Crippen LogP contribution in [0.5, 0.6) is 0 Å². The van der Waals surface area contributed by atoms with Gasteiger partial charge < -0.3 is 5.11 Å². The highest BCUT2D eigenvalue weighted by Crippen LogP contribution is 2.31. The second-order valence-electron chi connectivity index (χ2n) is 3.20. The molecule has 1 nitrogen and oxygen atoms in total. The first-order chi connectivity index (χ1) is 5.79. The standard InChI is InChI=1S/C10H11FO/c11-9-6-5-7-3-1-2-4-8(7)10(9)12/h1-4,9-10,12H,5-6H2/t9-,10+/m0/s1. The van der Waals surface area contributed by atoms with Crippen molar-refractivity contribution in [2.24, 2.45) is 0 Å². The van der Waals surface area contributed by atoms with Crippen LogP contribution in [-0.2, 0) is 6.42 Å². The molecule has 64 valence electrons. The van der Waals surface area contributed by atoms with Crippen LogP contribution in [0.25, 0.3) is 0 Å². The maximum atomic E-state index is 13.0. The van der Waals surface area contributed by atoms with E-state index in [9.17, 15) is 9.50 Å². The number of halogens is 1. The lowest BCUT2D eigenvalue weighted by atomic mass is 9.88. The van der Waals surface area contributed by atoms with Crippen molar-refractivity contribution in [3.63, 3.8) is 0 Å². The maximum Gasteiger partial charge on any atom is 0.130 e. The molecule has 2 heteroatoms. The quantitative estimate of drug-likeness (QED) is 0.625. The molecule has 0 amide bonds. The molecule has 0 spiro atoms. The van der Waals surface area contributed by atoms with Gasteiger partial charge in [-0.2, -0.15) is 0 Å². The predicted octanol–water partition coefficient (Wildman–Crippen LogP) is 2.00. The van der Waals surface area contributed by atoms with Crippen molar-refractivity contribution in [2.45, 2.75) is 25.1 Å². The van der Waals surface area contributed by atoms with E-state index >= 15 is 0 Å². The van der Waals surface area contributed by atoms with E-state index in [0.717, 1.165) is 17.5 Å². The van der Waals surface area contributed by atoms with E-state index in [2.05, 4.69) is 0 Å². The fraction of sp³-hybridized carbons (Fsp3) is 0.400. The second kappa shape index (κ2) is 2.87. The Balaban J connectivity index is 2.42. The van der Waals surface area contributed by atoms with Crippen LogP contribution in [0.2, 0.25) is 0 Å². The first-order valence-electron chi connectivity index (χ1n) is 4.19. The third-order valence-corrected chi connectivity index (χ3v) is 2.41. The molecule has 0 fully saturated rings. The number of rotatable bonds is 0. The monoisotopic (exact) mass is 166 g/mol. The van der Waals surface area contributed by atoms with E-state index in [-0.39, 0.29) is 0 Å². The highest BCUT2D eigenvalue weighted by atomic mass is 19.1. The third-order valence-electron chi connectivity index (χ3n) is 2.41. The molecule has 2 atom stereocenters. The fourth-order valence-electron chi connectivity index (χ4n) is 1.70. The maximum absolute atomic E-state index is 13.0. The normalized spacial score (nSPS) is 28.2. The van der Waals surface area contributed by atoms with Crippen LogP contribution >= 0.6 is 0 Å². The van der Waals surface area contributed by atoms with Crippen molar-refractivity contribution in [1.29, 1.82) is 0 Å². The van der Waals surface area contributed by atoms with Crippen LogP contribution in [0.4, 0.5) is 4.39 Å². The summed E-state index contributed by atoms with van der Waals surface area (Å²) in [6.45, 7) is 0. The lowest BCUT2D eigenvalue weighted by Gasteiger charge is -2.24. The minimum absolute atomic E-state index is 0.443. The van der Waals surface area contributed by atoms with Gasteiger partial charge in [0.05, 0.1) is 0 Å². The molecule has 0 saturated carbocycles. The Kier molecular flexibility index (Phi) is 1.85. The largest absolute Gasteiger partial charge is 0.385 e. The fourth-order valence-corrected chi connectivity index (χ4v) is 1.70. The number of aryl methyl sites for hydroxylation is 1. The summed E-state index contributed by atoms with van der Waals surface area (Å²) >= 11 is 0. The minimum atomic E-state index is -1.08. The number of hydrogen-bond acceptors (Lipinski definition) is 1. The zero-order valence-electron chi connectivity index (χ0n) is 6.70. The van der Waals surface area contributed by atoms with Crippen LogP contribution in [0.1, 0.15) is 23.7 Å². The smallest absolute Gasteiger partial charge is 0.130 e. The van der Waals surface area contributed by atoms with Crippen molar-refractivity contribution in [3.05, 3.63) is 35.4 Å². The van der Waals surface area contributed by atoms with Gasteiger partial charge in [-0.3, -0.25) is 0 Å². The highest BCUT2D eigenvalue weighted by Gasteiger charge is 2.26. The topological polar surface area (TPSA) is 20.2 Å². The van der Waals surface area contributed by atoms with Crippen molar-refractivity contribution in [1.82, 2.24) is 0 Å². The molecule has 0 unspecified atom stereocenters. The lowest BCUT2D eigenvalue weighted by molar-refractivity contribution is 0.0643. The van der Waals surface area contributed by atoms with E-state index in [1.807, 2.05) is 18.2 Å². The molecule has 0 aliphatic heterocycles. The van der Waals surface area contributed by atoms with Crippen LogP contribution in [-0.4, -0.2) is 11.3 Å². The molecule has 2 rings (SSSR count). The van der Waals surface area contributed by atoms with Gasteiger partial charge in [-0.05, 0) is 24.0 Å². The number of fused-ring (bicyclic) bond motifs is 1. The zero-order valence-corrected chi connectivity index (χ0v) is 6.70. The molecule has 1 N–H and O–H groups in total. The number of aliphatic hydroxyl groups excluding tert-OH is 1. The molecule has 0 radical (unpaired) electrons. The summed E-state index contributed by atoms with van der Waals surface area (Å²) < 4.78 is 13.0. The van der Waals surface area contributed by atoms with Crippen LogP contribution in [0.15, 0.2) is 24.3 Å². The van der Waals surface area contributed by atoms with Gasteiger partial charge in [0, 0.05) is 0 Å². The van der Waals surface area contributed by atoms with Gasteiger partial charge in [-0.15, -0.1) is 0 Å². The average molecular weight is 166 g/mol. The second-order valence-corrected chi connectivity index (χ2v) is 3.20. The van der Waals surface area contributed by atoms with Crippen molar-refractivity contribution in [3.8, 4) is 0 Å². The average Bonchev–Trinajstić information content (AvgIpc) is 2.12. The zero-order chi connectivity index (χ0) is 8.55. The van der Waals surface area contributed by atoms with Crippen LogP contribution in [0.3, 0.4) is 0 Å². The number of hydrogen-bond donors (Lipinski definition) is 1. The predicted molar refractivity (Wildman–Crippen MR) is 44.6 cm³/mol. The molecular weight excluding hydrogens is 155 g/mol. The van der Waals surface area contributed by atoms with Crippen molar-refractivity contribution < 1.29 is 9.50 Å². The molecule has 1 aromatic carbocycles. The molecule has 0 heterocycles. The molecule has 1 aliphatic rings. The van der Waals surface area contributed by atoms with Crippen molar-refractivity contribution in [2.75, 3.05) is 0 Å².